The molecule has 1 aliphatic rings. The van der Waals surface area contributed by atoms with Gasteiger partial charge in [0.1, 0.15) is 30.7 Å². The summed E-state index contributed by atoms with van der Waals surface area (Å²) in [5.74, 6) is -1.17. The first-order chi connectivity index (χ1) is 17.0. The van der Waals surface area contributed by atoms with Crippen molar-refractivity contribution in [3.05, 3.63) is 82.0 Å². The van der Waals surface area contributed by atoms with Crippen LogP contribution in [0.4, 0.5) is 4.79 Å². The van der Waals surface area contributed by atoms with Gasteiger partial charge in [0.2, 0.25) is 5.89 Å². The van der Waals surface area contributed by atoms with Gasteiger partial charge in [-0.25, -0.2) is 14.6 Å². The van der Waals surface area contributed by atoms with Crippen LogP contribution in [0.2, 0.25) is 0 Å². The number of aliphatic carboxylic acids is 1. The van der Waals surface area contributed by atoms with Gasteiger partial charge in [0.05, 0.1) is 5.01 Å². The first-order valence-electron chi connectivity index (χ1n) is 10.7. The lowest BCUT2D eigenvalue weighted by Gasteiger charge is -2.17. The van der Waals surface area contributed by atoms with Crippen LogP contribution < -0.4 is 5.32 Å². The van der Waals surface area contributed by atoms with E-state index in [1.165, 1.54) is 17.6 Å². The number of fused-ring (bicyclic) bond motifs is 3. The van der Waals surface area contributed by atoms with Gasteiger partial charge in [-0.15, -0.1) is 11.3 Å². The summed E-state index contributed by atoms with van der Waals surface area (Å²) < 4.78 is 10.7. The number of nitrogens with one attached hydrogen (secondary N) is 1. The number of amides is 1. The molecule has 0 aliphatic heterocycles. The zero-order chi connectivity index (χ0) is 24.4. The number of thiazole rings is 1. The molecule has 0 bridgehead atoms. The summed E-state index contributed by atoms with van der Waals surface area (Å²) in [6.07, 6.45) is 0.353. The molecule has 1 amide bonds. The minimum absolute atomic E-state index is 0.0456. The molecule has 0 spiro atoms. The molecule has 1 aliphatic carbocycles. The molecule has 2 N–H and O–H groups in total. The maximum Gasteiger partial charge on any atom is 0.407 e. The molecule has 174 valence electrons. The van der Waals surface area contributed by atoms with Crippen LogP contribution in [0, 0.1) is 11.3 Å². The molecule has 0 fully saturated rings. The standard InChI is InChI=1S/C25H18N4O5S/c26-10-14-11-33-23(27-14)21-13-35-22(28-21)9-20(24(30)31)29-25(32)34-12-19-17-7-3-1-5-15(17)16-6-2-4-8-18(16)19/h1-8,11,13,19-20H,9,12H2,(H,29,32)(H,30,31). The van der Waals surface area contributed by atoms with Crippen molar-refractivity contribution in [1.82, 2.24) is 15.3 Å². The Labute approximate surface area is 203 Å². The number of hydrogen-bond acceptors (Lipinski definition) is 8. The van der Waals surface area contributed by atoms with E-state index in [0.717, 1.165) is 22.3 Å². The molecule has 9 nitrogen and oxygen atoms in total. The zero-order valence-electron chi connectivity index (χ0n) is 18.2. The van der Waals surface area contributed by atoms with Gasteiger partial charge in [0.15, 0.2) is 5.69 Å². The molecule has 1 atom stereocenters. The van der Waals surface area contributed by atoms with Crippen molar-refractivity contribution in [2.45, 2.75) is 18.4 Å². The number of carboxylic acids is 1. The van der Waals surface area contributed by atoms with Crippen molar-refractivity contribution < 1.29 is 23.8 Å². The lowest BCUT2D eigenvalue weighted by atomic mass is 9.98. The van der Waals surface area contributed by atoms with Crippen molar-refractivity contribution in [3.63, 3.8) is 0 Å². The number of alkyl carbamates (subject to hydrolysis) is 1. The van der Waals surface area contributed by atoms with Crippen LogP contribution in [0.25, 0.3) is 22.7 Å². The SMILES string of the molecule is N#Cc1coc(-c2csc(CC(NC(=O)OCC3c4ccccc4-c4ccccc43)C(=O)O)n2)n1. The first-order valence-corrected chi connectivity index (χ1v) is 11.6. The Hall–Kier alpha value is -4.49. The summed E-state index contributed by atoms with van der Waals surface area (Å²) in [5, 5.41) is 23.0. The number of carbonyl (C=O) groups is 2. The fourth-order valence-corrected chi connectivity index (χ4v) is 4.92. The average molecular weight is 487 g/mol. The summed E-state index contributed by atoms with van der Waals surface area (Å²) in [7, 11) is 0. The Balaban J connectivity index is 1.23. The number of aromatic nitrogens is 2. The molecule has 0 saturated heterocycles. The summed E-state index contributed by atoms with van der Waals surface area (Å²) >= 11 is 1.20. The van der Waals surface area contributed by atoms with Gasteiger partial charge in [-0.05, 0) is 22.3 Å². The maximum absolute atomic E-state index is 12.5. The number of nitriles is 1. The van der Waals surface area contributed by atoms with Gasteiger partial charge in [0, 0.05) is 17.7 Å². The van der Waals surface area contributed by atoms with Gasteiger partial charge in [-0.2, -0.15) is 10.2 Å². The van der Waals surface area contributed by atoms with Crippen LogP contribution in [-0.4, -0.2) is 39.8 Å². The van der Waals surface area contributed by atoms with E-state index in [2.05, 4.69) is 15.3 Å². The van der Waals surface area contributed by atoms with Crippen LogP contribution >= 0.6 is 11.3 Å². The van der Waals surface area contributed by atoms with E-state index >= 15 is 0 Å². The smallest absolute Gasteiger partial charge is 0.407 e. The van der Waals surface area contributed by atoms with Crippen molar-refractivity contribution in [3.8, 4) is 28.8 Å². The van der Waals surface area contributed by atoms with Crippen molar-refractivity contribution in [2.24, 2.45) is 0 Å². The topological polar surface area (TPSA) is 138 Å². The Morgan fingerprint density at radius 3 is 2.46 bits per heavy atom. The summed E-state index contributed by atoms with van der Waals surface area (Å²) in [6, 6.07) is 16.6. The molecule has 5 rings (SSSR count). The van der Waals surface area contributed by atoms with Crippen LogP contribution in [0.1, 0.15) is 27.7 Å². The second-order valence-electron chi connectivity index (χ2n) is 7.84. The molecule has 0 saturated carbocycles. The Morgan fingerprint density at radius 1 is 1.14 bits per heavy atom. The second kappa shape index (κ2) is 9.40. The predicted molar refractivity (Wildman–Crippen MR) is 126 cm³/mol. The summed E-state index contributed by atoms with van der Waals surface area (Å²) in [4.78, 5) is 32.6. The molecule has 10 heteroatoms. The van der Waals surface area contributed by atoms with E-state index in [9.17, 15) is 14.7 Å². The number of carboxylic acid groups (broad SMARTS) is 1. The molecule has 2 aromatic heterocycles. The zero-order valence-corrected chi connectivity index (χ0v) is 19.0. The monoisotopic (exact) mass is 486 g/mol. The third-order valence-corrected chi connectivity index (χ3v) is 6.57. The molecule has 2 heterocycles. The number of oxazole rings is 1. The Bertz CT molecular complexity index is 1410. The number of carbonyl (C=O) groups excluding carboxylic acids is 1. The first kappa shape index (κ1) is 22.3. The summed E-state index contributed by atoms with van der Waals surface area (Å²) in [5.41, 5.74) is 4.85. The quantitative estimate of drug-likeness (QED) is 0.396. The molecule has 35 heavy (non-hydrogen) atoms. The lowest BCUT2D eigenvalue weighted by molar-refractivity contribution is -0.139. The van der Waals surface area contributed by atoms with Crippen molar-refractivity contribution in [2.75, 3.05) is 6.61 Å². The minimum Gasteiger partial charge on any atom is -0.480 e. The van der Waals surface area contributed by atoms with E-state index in [4.69, 9.17) is 14.4 Å². The summed E-state index contributed by atoms with van der Waals surface area (Å²) in [6.45, 7) is 0.0823. The van der Waals surface area contributed by atoms with Crippen LogP contribution in [0.15, 0.2) is 64.6 Å². The Kier molecular flexibility index (Phi) is 5.99. The normalized spacial score (nSPS) is 12.9. The third kappa shape index (κ3) is 4.49. The molecule has 0 radical (unpaired) electrons. The highest BCUT2D eigenvalue weighted by atomic mass is 32.1. The largest absolute Gasteiger partial charge is 0.480 e. The van der Waals surface area contributed by atoms with E-state index < -0.39 is 18.1 Å². The fraction of sp³-hybridized carbons (Fsp3) is 0.160. The average Bonchev–Trinajstić information content (AvgIpc) is 3.60. The van der Waals surface area contributed by atoms with Gasteiger partial charge in [0.25, 0.3) is 0 Å². The number of benzene rings is 2. The molecule has 2 aromatic carbocycles. The molecule has 1 unspecified atom stereocenters. The van der Waals surface area contributed by atoms with Crippen molar-refractivity contribution >= 4 is 23.4 Å². The number of rotatable bonds is 7. The van der Waals surface area contributed by atoms with Gasteiger partial charge in [-0.3, -0.25) is 0 Å². The fourth-order valence-electron chi connectivity index (χ4n) is 4.10. The number of nitrogens with zero attached hydrogens (tertiary/aromatic N) is 3. The molecular weight excluding hydrogens is 468 g/mol. The predicted octanol–water partition coefficient (Wildman–Crippen LogP) is 4.20. The van der Waals surface area contributed by atoms with E-state index in [1.807, 2.05) is 54.6 Å². The maximum atomic E-state index is 12.5. The minimum atomic E-state index is -1.23. The highest BCUT2D eigenvalue weighted by molar-refractivity contribution is 7.09. The van der Waals surface area contributed by atoms with Gasteiger partial charge in [-0.1, -0.05) is 48.5 Å². The van der Waals surface area contributed by atoms with Crippen LogP contribution in [0.5, 0.6) is 0 Å². The highest BCUT2D eigenvalue weighted by Crippen LogP contribution is 2.44. The van der Waals surface area contributed by atoms with E-state index in [1.54, 1.807) is 5.38 Å². The number of hydrogen-bond donors (Lipinski definition) is 2. The van der Waals surface area contributed by atoms with Crippen LogP contribution in [0.3, 0.4) is 0 Å². The van der Waals surface area contributed by atoms with Gasteiger partial charge < -0.3 is 19.6 Å². The van der Waals surface area contributed by atoms with Crippen molar-refractivity contribution in [1.29, 1.82) is 5.26 Å². The second-order valence-corrected chi connectivity index (χ2v) is 8.78. The van der Waals surface area contributed by atoms with Crippen LogP contribution in [-0.2, 0) is 16.0 Å². The molecule has 4 aromatic rings. The third-order valence-electron chi connectivity index (χ3n) is 5.70. The molecular formula is C25H18N4O5S. The lowest BCUT2D eigenvalue weighted by Crippen LogP contribution is -2.42. The Morgan fingerprint density at radius 2 is 1.83 bits per heavy atom. The highest BCUT2D eigenvalue weighted by Gasteiger charge is 2.30. The van der Waals surface area contributed by atoms with E-state index in [-0.39, 0.29) is 30.5 Å². The van der Waals surface area contributed by atoms with E-state index in [0.29, 0.717) is 10.7 Å². The van der Waals surface area contributed by atoms with Gasteiger partial charge >= 0.3 is 12.1 Å². The number of ether oxygens (including phenoxy) is 1.